The van der Waals surface area contributed by atoms with Gasteiger partial charge in [-0.1, -0.05) is 11.6 Å². The van der Waals surface area contributed by atoms with E-state index in [4.69, 9.17) is 16.3 Å². The van der Waals surface area contributed by atoms with Crippen molar-refractivity contribution in [3.05, 3.63) is 36.0 Å². The maximum atomic E-state index is 9.19. The lowest BCUT2D eigenvalue weighted by Crippen LogP contribution is -2.50. The molecule has 1 saturated carbocycles. The number of rotatable bonds is 4. The molecular weight excluding hydrogens is 328 g/mol. The number of hydrogen-bond donors (Lipinski definition) is 0. The number of methoxy groups -OCH3 is 1. The van der Waals surface area contributed by atoms with Crippen molar-refractivity contribution < 1.29 is 4.74 Å². The van der Waals surface area contributed by atoms with Gasteiger partial charge in [0, 0.05) is 18.9 Å². The van der Waals surface area contributed by atoms with Crippen LogP contribution >= 0.6 is 11.6 Å². The minimum absolute atomic E-state index is 0.178. The molecule has 0 saturated heterocycles. The number of hydrogen-bond acceptors (Lipinski definition) is 5. The van der Waals surface area contributed by atoms with E-state index in [2.05, 4.69) is 21.3 Å². The molecule has 0 unspecified atom stereocenters. The third kappa shape index (κ3) is 2.27. The van der Waals surface area contributed by atoms with Crippen LogP contribution in [0.4, 0.5) is 0 Å². The van der Waals surface area contributed by atoms with Gasteiger partial charge in [0.05, 0.1) is 48.2 Å². The predicted molar refractivity (Wildman–Crippen MR) is 87.5 cm³/mol. The first kappa shape index (κ1) is 15.1. The van der Waals surface area contributed by atoms with E-state index in [0.29, 0.717) is 11.6 Å². The van der Waals surface area contributed by atoms with Gasteiger partial charge in [-0.3, -0.25) is 4.68 Å². The lowest BCUT2D eigenvalue weighted by molar-refractivity contribution is -0.0542. The molecule has 8 heteroatoms. The molecule has 3 aromatic heterocycles. The van der Waals surface area contributed by atoms with E-state index < -0.39 is 0 Å². The van der Waals surface area contributed by atoms with Crippen molar-refractivity contribution in [3.8, 4) is 17.3 Å². The molecule has 0 amide bonds. The third-order valence-corrected chi connectivity index (χ3v) is 4.84. The van der Waals surface area contributed by atoms with Crippen molar-refractivity contribution in [3.63, 3.8) is 0 Å². The third-order valence-electron chi connectivity index (χ3n) is 4.66. The van der Waals surface area contributed by atoms with Gasteiger partial charge in [-0.2, -0.15) is 15.5 Å². The standard InChI is InChI=1S/C16H15ClN6O/c1-24-12-6-16(7-12,3-4-18)23-9-11(8-20-23)15-13-2-5-19-22(13)10-14(17)21-15/h2,5,8-10,12H,3,6-7H2,1H3. The summed E-state index contributed by atoms with van der Waals surface area (Å²) < 4.78 is 8.94. The molecular formula is C16H15ClN6O. The molecule has 0 radical (unpaired) electrons. The number of nitriles is 1. The van der Waals surface area contributed by atoms with Crippen LogP contribution < -0.4 is 0 Å². The van der Waals surface area contributed by atoms with Crippen LogP contribution in [0, 0.1) is 11.3 Å². The Kier molecular flexibility index (Phi) is 3.52. The van der Waals surface area contributed by atoms with E-state index in [-0.39, 0.29) is 11.6 Å². The zero-order chi connectivity index (χ0) is 16.7. The van der Waals surface area contributed by atoms with E-state index >= 15 is 0 Å². The molecule has 3 aromatic rings. The van der Waals surface area contributed by atoms with Crippen molar-refractivity contribution in [2.45, 2.75) is 30.9 Å². The van der Waals surface area contributed by atoms with E-state index in [1.54, 1.807) is 30.2 Å². The van der Waals surface area contributed by atoms with Gasteiger partial charge in [0.15, 0.2) is 0 Å². The van der Waals surface area contributed by atoms with Crippen molar-refractivity contribution >= 4 is 17.1 Å². The molecule has 24 heavy (non-hydrogen) atoms. The topological polar surface area (TPSA) is 81.0 Å². The number of nitrogens with zero attached hydrogens (tertiary/aromatic N) is 6. The summed E-state index contributed by atoms with van der Waals surface area (Å²) in [5.41, 5.74) is 2.13. The lowest BCUT2D eigenvalue weighted by atomic mass is 9.72. The van der Waals surface area contributed by atoms with Gasteiger partial charge < -0.3 is 4.74 Å². The van der Waals surface area contributed by atoms with Crippen LogP contribution in [0.3, 0.4) is 0 Å². The van der Waals surface area contributed by atoms with Crippen molar-refractivity contribution in [2.24, 2.45) is 0 Å². The second kappa shape index (κ2) is 5.58. The number of fused-ring (bicyclic) bond motifs is 1. The average molecular weight is 343 g/mol. The highest BCUT2D eigenvalue weighted by Crippen LogP contribution is 2.43. The van der Waals surface area contributed by atoms with Crippen LogP contribution in [0.5, 0.6) is 0 Å². The van der Waals surface area contributed by atoms with Crippen LogP contribution in [-0.2, 0) is 10.3 Å². The van der Waals surface area contributed by atoms with Gasteiger partial charge in [-0.25, -0.2) is 9.50 Å². The minimum atomic E-state index is -0.303. The van der Waals surface area contributed by atoms with Gasteiger partial charge in [0.2, 0.25) is 0 Å². The number of halogens is 1. The molecule has 7 nitrogen and oxygen atoms in total. The van der Waals surface area contributed by atoms with Crippen molar-refractivity contribution in [2.75, 3.05) is 7.11 Å². The fraction of sp³-hybridized carbons (Fsp3) is 0.375. The van der Waals surface area contributed by atoms with Gasteiger partial charge in [0.25, 0.3) is 0 Å². The molecule has 0 bridgehead atoms. The fourth-order valence-electron chi connectivity index (χ4n) is 3.33. The highest BCUT2D eigenvalue weighted by Gasteiger charge is 2.46. The van der Waals surface area contributed by atoms with Crippen LogP contribution in [0.25, 0.3) is 16.8 Å². The maximum Gasteiger partial charge on any atom is 0.148 e. The smallest absolute Gasteiger partial charge is 0.148 e. The molecule has 0 N–H and O–H groups in total. The summed E-state index contributed by atoms with van der Waals surface area (Å²) in [5.74, 6) is 0. The molecule has 122 valence electrons. The summed E-state index contributed by atoms with van der Waals surface area (Å²) in [7, 11) is 1.70. The number of ether oxygens (including phenoxy) is 1. The largest absolute Gasteiger partial charge is 0.381 e. The van der Waals surface area contributed by atoms with Crippen LogP contribution in [0.15, 0.2) is 30.9 Å². The molecule has 0 aromatic carbocycles. The van der Waals surface area contributed by atoms with Crippen LogP contribution in [0.1, 0.15) is 19.3 Å². The fourth-order valence-corrected chi connectivity index (χ4v) is 3.51. The van der Waals surface area contributed by atoms with Crippen molar-refractivity contribution in [1.82, 2.24) is 24.4 Å². The number of aromatic nitrogens is 5. The Hall–Kier alpha value is -2.43. The first-order valence-electron chi connectivity index (χ1n) is 7.60. The Labute approximate surface area is 143 Å². The Morgan fingerprint density at radius 2 is 2.25 bits per heavy atom. The monoisotopic (exact) mass is 342 g/mol. The zero-order valence-electron chi connectivity index (χ0n) is 13.1. The summed E-state index contributed by atoms with van der Waals surface area (Å²) in [6.45, 7) is 0. The van der Waals surface area contributed by atoms with E-state index in [1.165, 1.54) is 0 Å². The van der Waals surface area contributed by atoms with E-state index in [0.717, 1.165) is 29.6 Å². The highest BCUT2D eigenvalue weighted by atomic mass is 35.5. The molecule has 0 spiro atoms. The van der Waals surface area contributed by atoms with E-state index in [1.807, 2.05) is 16.9 Å². The van der Waals surface area contributed by atoms with Gasteiger partial charge in [-0.15, -0.1) is 0 Å². The summed E-state index contributed by atoms with van der Waals surface area (Å²) in [4.78, 5) is 4.42. The second-order valence-corrected chi connectivity index (χ2v) is 6.46. The van der Waals surface area contributed by atoms with Crippen LogP contribution in [0.2, 0.25) is 5.15 Å². The van der Waals surface area contributed by atoms with Gasteiger partial charge in [-0.05, 0) is 18.9 Å². The Bertz CT molecular complexity index is 934. The van der Waals surface area contributed by atoms with Crippen molar-refractivity contribution in [1.29, 1.82) is 5.26 Å². The summed E-state index contributed by atoms with van der Waals surface area (Å²) in [6.07, 6.45) is 9.19. The minimum Gasteiger partial charge on any atom is -0.381 e. The SMILES string of the molecule is COC1CC(CC#N)(n2cc(-c3nc(Cl)cn4nccc34)cn2)C1. The molecule has 1 aliphatic carbocycles. The molecule has 4 rings (SSSR count). The predicted octanol–water partition coefficient (Wildman–Crippen LogP) is 2.66. The Morgan fingerprint density at radius 1 is 1.42 bits per heavy atom. The molecule has 0 atom stereocenters. The summed E-state index contributed by atoms with van der Waals surface area (Å²) in [6, 6.07) is 4.15. The average Bonchev–Trinajstić information content (AvgIpc) is 3.18. The molecule has 3 heterocycles. The summed E-state index contributed by atoms with van der Waals surface area (Å²) >= 11 is 6.09. The molecule has 1 fully saturated rings. The first-order valence-corrected chi connectivity index (χ1v) is 7.98. The lowest BCUT2D eigenvalue weighted by Gasteiger charge is -2.45. The van der Waals surface area contributed by atoms with E-state index in [9.17, 15) is 5.26 Å². The maximum absolute atomic E-state index is 9.19. The highest BCUT2D eigenvalue weighted by molar-refractivity contribution is 6.29. The quantitative estimate of drug-likeness (QED) is 0.728. The van der Waals surface area contributed by atoms with Gasteiger partial charge in [0.1, 0.15) is 10.8 Å². The zero-order valence-corrected chi connectivity index (χ0v) is 13.8. The first-order chi connectivity index (χ1) is 11.6. The Balaban J connectivity index is 1.74. The van der Waals surface area contributed by atoms with Crippen LogP contribution in [-0.4, -0.2) is 37.6 Å². The second-order valence-electron chi connectivity index (χ2n) is 6.07. The summed E-state index contributed by atoms with van der Waals surface area (Å²) in [5, 5.41) is 18.2. The molecule has 0 aliphatic heterocycles. The Morgan fingerprint density at radius 3 is 3.00 bits per heavy atom. The molecule has 1 aliphatic rings. The normalized spacial score (nSPS) is 23.1. The van der Waals surface area contributed by atoms with Gasteiger partial charge >= 0.3 is 0 Å².